The van der Waals surface area contributed by atoms with Crippen molar-refractivity contribution in [3.05, 3.63) is 69.9 Å². The van der Waals surface area contributed by atoms with Crippen LogP contribution in [0.2, 0.25) is 10.0 Å². The van der Waals surface area contributed by atoms with E-state index in [1.807, 2.05) is 41.2 Å². The van der Waals surface area contributed by atoms with Crippen LogP contribution in [0.3, 0.4) is 0 Å². The molecule has 0 fully saturated rings. The number of hydrogen-bond donors (Lipinski definition) is 1. The number of nitrogens with one attached hydrogen (secondary N) is 1. The zero-order chi connectivity index (χ0) is 21.0. The lowest BCUT2D eigenvalue weighted by Crippen LogP contribution is -2.15. The SMILES string of the molecule is CC(C)c1nc(COC(N)=O)n(Cc2cc[nH+]cc2)c1Sc1cc(Cl)cc(Cl)c1. The molecule has 0 aliphatic carbocycles. The first-order valence-corrected chi connectivity index (χ1v) is 10.5. The van der Waals surface area contributed by atoms with E-state index in [2.05, 4.69) is 18.8 Å². The van der Waals surface area contributed by atoms with Crippen LogP contribution in [0.1, 0.15) is 36.8 Å². The Morgan fingerprint density at radius 2 is 1.90 bits per heavy atom. The Kier molecular flexibility index (Phi) is 7.05. The van der Waals surface area contributed by atoms with Crippen molar-refractivity contribution in [2.75, 3.05) is 0 Å². The van der Waals surface area contributed by atoms with Crippen LogP contribution in [0.5, 0.6) is 0 Å². The van der Waals surface area contributed by atoms with Crippen LogP contribution in [-0.4, -0.2) is 15.6 Å². The number of H-pyrrole nitrogens is 1. The second kappa shape index (κ2) is 9.52. The van der Waals surface area contributed by atoms with Crippen molar-refractivity contribution >= 4 is 41.1 Å². The molecule has 0 saturated heterocycles. The average molecular weight is 452 g/mol. The van der Waals surface area contributed by atoms with Crippen LogP contribution in [0.25, 0.3) is 0 Å². The lowest BCUT2D eigenvalue weighted by molar-refractivity contribution is -0.378. The number of nitrogens with two attached hydrogens (primary N) is 1. The summed E-state index contributed by atoms with van der Waals surface area (Å²) < 4.78 is 7.08. The molecule has 0 saturated carbocycles. The number of carbonyl (C=O) groups is 1. The normalized spacial score (nSPS) is 11.1. The molecule has 0 aliphatic heterocycles. The summed E-state index contributed by atoms with van der Waals surface area (Å²) in [4.78, 5) is 19.8. The molecule has 0 bridgehead atoms. The number of pyridine rings is 1. The van der Waals surface area contributed by atoms with Gasteiger partial charge < -0.3 is 15.0 Å². The van der Waals surface area contributed by atoms with Gasteiger partial charge in [0.1, 0.15) is 10.9 Å². The summed E-state index contributed by atoms with van der Waals surface area (Å²) in [6.07, 6.45) is 2.88. The molecule has 1 aromatic carbocycles. The highest BCUT2D eigenvalue weighted by Crippen LogP contribution is 2.37. The van der Waals surface area contributed by atoms with Crippen LogP contribution in [0.4, 0.5) is 4.79 Å². The van der Waals surface area contributed by atoms with E-state index in [0.29, 0.717) is 22.4 Å². The van der Waals surface area contributed by atoms with Gasteiger partial charge in [0.25, 0.3) is 0 Å². The molecule has 9 heteroatoms. The first-order chi connectivity index (χ1) is 13.8. The van der Waals surface area contributed by atoms with E-state index in [9.17, 15) is 4.79 Å². The second-order valence-electron chi connectivity index (χ2n) is 6.68. The fourth-order valence-electron chi connectivity index (χ4n) is 2.80. The Balaban J connectivity index is 2.08. The first-order valence-electron chi connectivity index (χ1n) is 8.94. The van der Waals surface area contributed by atoms with Crippen molar-refractivity contribution in [1.82, 2.24) is 9.55 Å². The van der Waals surface area contributed by atoms with Crippen molar-refractivity contribution in [3.63, 3.8) is 0 Å². The van der Waals surface area contributed by atoms with Crippen molar-refractivity contribution < 1.29 is 14.5 Å². The minimum Gasteiger partial charge on any atom is -0.442 e. The molecule has 2 heterocycles. The second-order valence-corrected chi connectivity index (χ2v) is 8.62. The van der Waals surface area contributed by atoms with Gasteiger partial charge in [0.15, 0.2) is 19.0 Å². The first kappa shape index (κ1) is 21.5. The number of ether oxygens (including phenoxy) is 1. The fraction of sp³-hybridized carbons (Fsp3) is 0.250. The summed E-state index contributed by atoms with van der Waals surface area (Å²) in [5.74, 6) is 0.779. The maximum absolute atomic E-state index is 11.2. The van der Waals surface area contributed by atoms with Gasteiger partial charge in [0, 0.05) is 27.1 Å². The van der Waals surface area contributed by atoms with Crippen molar-refractivity contribution in [3.8, 4) is 0 Å². The minimum absolute atomic E-state index is 0.00905. The lowest BCUT2D eigenvalue weighted by Gasteiger charge is -2.13. The summed E-state index contributed by atoms with van der Waals surface area (Å²) in [5, 5.41) is 2.07. The van der Waals surface area contributed by atoms with Crippen LogP contribution < -0.4 is 10.7 Å². The number of aromatic nitrogens is 3. The maximum atomic E-state index is 11.2. The molecule has 3 N–H and O–H groups in total. The molecule has 3 rings (SSSR count). The van der Waals surface area contributed by atoms with Crippen LogP contribution in [0.15, 0.2) is 52.6 Å². The molecular weight excluding hydrogens is 431 g/mol. The van der Waals surface area contributed by atoms with E-state index in [4.69, 9.17) is 38.7 Å². The number of hydrogen-bond acceptors (Lipinski definition) is 4. The Morgan fingerprint density at radius 3 is 2.48 bits per heavy atom. The van der Waals surface area contributed by atoms with E-state index in [1.165, 1.54) is 11.8 Å². The highest BCUT2D eigenvalue weighted by Gasteiger charge is 2.22. The number of primary amides is 1. The molecule has 1 amide bonds. The van der Waals surface area contributed by atoms with Gasteiger partial charge in [-0.1, -0.05) is 48.8 Å². The number of halogens is 2. The molecule has 6 nitrogen and oxygen atoms in total. The molecule has 0 spiro atoms. The quantitative estimate of drug-likeness (QED) is 0.552. The van der Waals surface area contributed by atoms with E-state index in [-0.39, 0.29) is 12.5 Å². The highest BCUT2D eigenvalue weighted by molar-refractivity contribution is 7.99. The summed E-state index contributed by atoms with van der Waals surface area (Å²) in [6, 6.07) is 9.38. The predicted molar refractivity (Wildman–Crippen MR) is 113 cm³/mol. The minimum atomic E-state index is -0.837. The Bertz CT molecular complexity index is 989. The van der Waals surface area contributed by atoms with Gasteiger partial charge in [0.05, 0.1) is 12.2 Å². The summed E-state index contributed by atoms with van der Waals surface area (Å²) in [7, 11) is 0. The van der Waals surface area contributed by atoms with Crippen LogP contribution >= 0.6 is 35.0 Å². The van der Waals surface area contributed by atoms with Gasteiger partial charge >= 0.3 is 6.09 Å². The summed E-state index contributed by atoms with van der Waals surface area (Å²) in [5.41, 5.74) is 7.14. The average Bonchev–Trinajstić information content (AvgIpc) is 2.97. The van der Waals surface area contributed by atoms with E-state index in [1.54, 1.807) is 6.07 Å². The molecule has 3 aromatic rings. The number of aromatic amines is 1. The third kappa shape index (κ3) is 5.65. The number of imidazole rings is 1. The standard InChI is InChI=1S/C20H20Cl2N4O2S/c1-12(2)18-19(29-16-8-14(21)7-15(22)9-16)26(10-13-3-5-24-6-4-13)17(25-18)11-28-20(23)27/h3-9,12H,10-11H2,1-2H3,(H2,23,27)/p+1. The number of amides is 1. The molecular formula is C20H21Cl2N4O2S+. The van der Waals surface area contributed by atoms with Gasteiger partial charge in [-0.3, -0.25) is 0 Å². The topological polar surface area (TPSA) is 84.3 Å². The van der Waals surface area contributed by atoms with E-state index in [0.717, 1.165) is 21.2 Å². The summed E-state index contributed by atoms with van der Waals surface area (Å²) >= 11 is 13.9. The maximum Gasteiger partial charge on any atom is 0.404 e. The molecule has 2 aromatic heterocycles. The number of benzene rings is 1. The van der Waals surface area contributed by atoms with E-state index >= 15 is 0 Å². The van der Waals surface area contributed by atoms with Crippen LogP contribution in [-0.2, 0) is 17.9 Å². The Morgan fingerprint density at radius 1 is 1.24 bits per heavy atom. The van der Waals surface area contributed by atoms with Gasteiger partial charge in [-0.05, 0) is 29.7 Å². The molecule has 0 atom stereocenters. The third-order valence-electron chi connectivity index (χ3n) is 4.09. The molecule has 152 valence electrons. The molecule has 0 unspecified atom stereocenters. The van der Waals surface area contributed by atoms with Gasteiger partial charge in [0.2, 0.25) is 0 Å². The zero-order valence-electron chi connectivity index (χ0n) is 16.0. The highest BCUT2D eigenvalue weighted by atomic mass is 35.5. The summed E-state index contributed by atoms with van der Waals surface area (Å²) in [6.45, 7) is 4.68. The van der Waals surface area contributed by atoms with Gasteiger partial charge in [-0.25, -0.2) is 14.8 Å². The predicted octanol–water partition coefficient (Wildman–Crippen LogP) is 4.92. The fourth-order valence-corrected chi connectivity index (χ4v) is 4.72. The molecule has 0 aliphatic rings. The van der Waals surface area contributed by atoms with Crippen molar-refractivity contribution in [1.29, 1.82) is 0 Å². The van der Waals surface area contributed by atoms with Gasteiger partial charge in [-0.2, -0.15) is 0 Å². The Labute approximate surface area is 183 Å². The van der Waals surface area contributed by atoms with E-state index < -0.39 is 6.09 Å². The van der Waals surface area contributed by atoms with Crippen molar-refractivity contribution in [2.45, 2.75) is 42.8 Å². The van der Waals surface area contributed by atoms with Crippen molar-refractivity contribution in [2.24, 2.45) is 5.73 Å². The lowest BCUT2D eigenvalue weighted by atomic mass is 10.1. The molecule has 29 heavy (non-hydrogen) atoms. The largest absolute Gasteiger partial charge is 0.442 e. The smallest absolute Gasteiger partial charge is 0.404 e. The Hall–Kier alpha value is -2.22. The monoisotopic (exact) mass is 451 g/mol. The number of nitrogens with zero attached hydrogens (tertiary/aromatic N) is 2. The van der Waals surface area contributed by atoms with Crippen LogP contribution in [0, 0.1) is 0 Å². The number of carbonyl (C=O) groups excluding carboxylic acids is 1. The molecule has 0 radical (unpaired) electrons. The number of rotatable bonds is 7. The van der Waals surface area contributed by atoms with Gasteiger partial charge in [-0.15, -0.1) is 0 Å². The zero-order valence-corrected chi connectivity index (χ0v) is 18.3. The third-order valence-corrected chi connectivity index (χ3v) is 5.63.